The minimum absolute atomic E-state index is 0.0739. The first-order valence-corrected chi connectivity index (χ1v) is 6.85. The molecular formula is C14H8F2INO2. The van der Waals surface area contributed by atoms with Crippen molar-refractivity contribution >= 4 is 33.7 Å². The molecule has 6 heteroatoms. The number of oxazole rings is 1. The minimum atomic E-state index is -0.592. The molecule has 1 aromatic heterocycles. The van der Waals surface area contributed by atoms with E-state index in [-0.39, 0.29) is 12.1 Å². The lowest BCUT2D eigenvalue weighted by Gasteiger charge is -2.04. The lowest BCUT2D eigenvalue weighted by atomic mass is 10.2. The summed E-state index contributed by atoms with van der Waals surface area (Å²) >= 11 is 2.11. The molecule has 0 saturated carbocycles. The smallest absolute Gasteiger partial charge is 0.408 e. The first-order chi connectivity index (χ1) is 9.54. The molecule has 102 valence electrons. The minimum Gasteiger partial charge on any atom is -0.408 e. The summed E-state index contributed by atoms with van der Waals surface area (Å²) in [4.78, 5) is 11.8. The maximum atomic E-state index is 13.7. The van der Waals surface area contributed by atoms with Gasteiger partial charge < -0.3 is 4.42 Å². The molecule has 0 spiro atoms. The fourth-order valence-electron chi connectivity index (χ4n) is 2.02. The van der Waals surface area contributed by atoms with Crippen molar-refractivity contribution in [3.63, 3.8) is 0 Å². The maximum absolute atomic E-state index is 13.7. The fourth-order valence-corrected chi connectivity index (χ4v) is 2.49. The molecule has 0 radical (unpaired) electrons. The second-order valence-electron chi connectivity index (χ2n) is 4.30. The van der Waals surface area contributed by atoms with Crippen LogP contribution in [-0.4, -0.2) is 4.57 Å². The maximum Gasteiger partial charge on any atom is 0.420 e. The standard InChI is InChI=1S/C14H8F2INO2/c15-9-1-3-11(16)8(5-9)7-18-12-6-10(17)2-4-13(12)20-14(18)19/h1-6H,7H2. The van der Waals surface area contributed by atoms with Gasteiger partial charge in [0.15, 0.2) is 5.58 Å². The summed E-state index contributed by atoms with van der Waals surface area (Å²) in [6.45, 7) is -0.0739. The molecule has 0 N–H and O–H groups in total. The second-order valence-corrected chi connectivity index (χ2v) is 5.55. The van der Waals surface area contributed by atoms with Crippen LogP contribution in [0.5, 0.6) is 0 Å². The fraction of sp³-hybridized carbons (Fsp3) is 0.0714. The Bertz CT molecular complexity index is 854. The van der Waals surface area contributed by atoms with Gasteiger partial charge in [-0.2, -0.15) is 0 Å². The summed E-state index contributed by atoms with van der Waals surface area (Å²) in [6, 6.07) is 8.40. The van der Waals surface area contributed by atoms with Gasteiger partial charge in [0.1, 0.15) is 11.6 Å². The highest BCUT2D eigenvalue weighted by Gasteiger charge is 2.12. The molecule has 0 atom stereocenters. The largest absolute Gasteiger partial charge is 0.420 e. The highest BCUT2D eigenvalue weighted by molar-refractivity contribution is 14.1. The second kappa shape index (κ2) is 5.01. The summed E-state index contributed by atoms with van der Waals surface area (Å²) in [5.41, 5.74) is 1.09. The summed E-state index contributed by atoms with van der Waals surface area (Å²) in [7, 11) is 0. The number of benzene rings is 2. The van der Waals surface area contributed by atoms with Gasteiger partial charge >= 0.3 is 5.76 Å². The van der Waals surface area contributed by atoms with Crippen molar-refractivity contribution in [2.45, 2.75) is 6.54 Å². The molecule has 0 amide bonds. The van der Waals surface area contributed by atoms with Gasteiger partial charge in [-0.3, -0.25) is 4.57 Å². The average Bonchev–Trinajstić information content (AvgIpc) is 2.70. The van der Waals surface area contributed by atoms with Crippen LogP contribution in [0.15, 0.2) is 45.6 Å². The molecule has 0 aliphatic carbocycles. The number of hydrogen-bond acceptors (Lipinski definition) is 2. The van der Waals surface area contributed by atoms with Crippen LogP contribution in [0.4, 0.5) is 8.78 Å². The first-order valence-electron chi connectivity index (χ1n) is 5.77. The van der Waals surface area contributed by atoms with Gasteiger partial charge in [0.25, 0.3) is 0 Å². The Morgan fingerprint density at radius 3 is 2.75 bits per heavy atom. The number of fused-ring (bicyclic) bond motifs is 1. The van der Waals surface area contributed by atoms with Gasteiger partial charge in [0.05, 0.1) is 12.1 Å². The summed E-state index contributed by atoms with van der Waals surface area (Å²) in [6.07, 6.45) is 0. The Kier molecular flexibility index (Phi) is 3.33. The monoisotopic (exact) mass is 387 g/mol. The molecule has 2 aromatic carbocycles. The first kappa shape index (κ1) is 13.3. The summed E-state index contributed by atoms with van der Waals surface area (Å²) in [5.74, 6) is -1.69. The molecule has 1 heterocycles. The topological polar surface area (TPSA) is 35.1 Å². The zero-order chi connectivity index (χ0) is 14.3. The van der Waals surface area contributed by atoms with Crippen molar-refractivity contribution < 1.29 is 13.2 Å². The third-order valence-corrected chi connectivity index (χ3v) is 3.64. The van der Waals surface area contributed by atoms with Gasteiger partial charge in [-0.1, -0.05) is 0 Å². The molecule has 0 bridgehead atoms. The van der Waals surface area contributed by atoms with E-state index in [1.807, 2.05) is 0 Å². The number of hydrogen-bond donors (Lipinski definition) is 0. The lowest BCUT2D eigenvalue weighted by Crippen LogP contribution is -2.15. The number of halogens is 3. The number of rotatable bonds is 2. The van der Waals surface area contributed by atoms with Crippen molar-refractivity contribution in [2.75, 3.05) is 0 Å². The van der Waals surface area contributed by atoms with E-state index in [0.29, 0.717) is 11.1 Å². The predicted octanol–water partition coefficient (Wildman–Crippen LogP) is 3.53. The van der Waals surface area contributed by atoms with E-state index >= 15 is 0 Å². The SMILES string of the molecule is O=c1oc2ccc(I)cc2n1Cc1cc(F)ccc1F. The van der Waals surface area contributed by atoms with E-state index in [2.05, 4.69) is 22.6 Å². The molecule has 3 nitrogen and oxygen atoms in total. The Balaban J connectivity index is 2.15. The van der Waals surface area contributed by atoms with Crippen molar-refractivity contribution in [3.8, 4) is 0 Å². The van der Waals surface area contributed by atoms with Crippen molar-refractivity contribution in [2.24, 2.45) is 0 Å². The van der Waals surface area contributed by atoms with E-state index in [0.717, 1.165) is 21.8 Å². The molecule has 0 aliphatic heterocycles. The van der Waals surface area contributed by atoms with Gasteiger partial charge in [-0.15, -0.1) is 0 Å². The zero-order valence-corrected chi connectivity index (χ0v) is 12.2. The van der Waals surface area contributed by atoms with E-state index in [1.54, 1.807) is 18.2 Å². The molecule has 0 unspecified atom stereocenters. The number of nitrogens with zero attached hydrogens (tertiary/aromatic N) is 1. The van der Waals surface area contributed by atoms with Crippen LogP contribution < -0.4 is 5.76 Å². The molecular weight excluding hydrogens is 379 g/mol. The van der Waals surface area contributed by atoms with Gasteiger partial charge in [-0.05, 0) is 59.0 Å². The van der Waals surface area contributed by atoms with Crippen LogP contribution in [0, 0.1) is 15.2 Å². The van der Waals surface area contributed by atoms with E-state index in [9.17, 15) is 13.6 Å². The van der Waals surface area contributed by atoms with Crippen LogP contribution in [0.2, 0.25) is 0 Å². The van der Waals surface area contributed by atoms with Crippen LogP contribution in [0.3, 0.4) is 0 Å². The van der Waals surface area contributed by atoms with Crippen LogP contribution in [0.25, 0.3) is 11.1 Å². The molecule has 3 aromatic rings. The predicted molar refractivity (Wildman–Crippen MR) is 78.7 cm³/mol. The summed E-state index contributed by atoms with van der Waals surface area (Å²) < 4.78 is 34.1. The van der Waals surface area contributed by atoms with Crippen molar-refractivity contribution in [3.05, 3.63) is 67.7 Å². The molecule has 0 aliphatic rings. The zero-order valence-electron chi connectivity index (χ0n) is 10.1. The highest BCUT2D eigenvalue weighted by Crippen LogP contribution is 2.18. The Labute approximate surface area is 126 Å². The molecule has 20 heavy (non-hydrogen) atoms. The van der Waals surface area contributed by atoms with E-state index in [1.165, 1.54) is 4.57 Å². The average molecular weight is 387 g/mol. The van der Waals surface area contributed by atoms with E-state index < -0.39 is 17.4 Å². The van der Waals surface area contributed by atoms with Crippen LogP contribution in [0.1, 0.15) is 5.56 Å². The Hall–Kier alpha value is -1.70. The van der Waals surface area contributed by atoms with Crippen molar-refractivity contribution in [1.29, 1.82) is 0 Å². The van der Waals surface area contributed by atoms with Gasteiger partial charge in [0, 0.05) is 9.13 Å². The molecule has 3 rings (SSSR count). The van der Waals surface area contributed by atoms with Crippen LogP contribution in [-0.2, 0) is 6.54 Å². The Morgan fingerprint density at radius 2 is 1.95 bits per heavy atom. The van der Waals surface area contributed by atoms with Crippen LogP contribution >= 0.6 is 22.6 Å². The van der Waals surface area contributed by atoms with Gasteiger partial charge in [0.2, 0.25) is 0 Å². The highest BCUT2D eigenvalue weighted by atomic mass is 127. The molecule has 0 fully saturated rings. The molecule has 0 saturated heterocycles. The quantitative estimate of drug-likeness (QED) is 0.631. The third-order valence-electron chi connectivity index (χ3n) is 2.97. The van der Waals surface area contributed by atoms with Gasteiger partial charge in [-0.25, -0.2) is 13.6 Å². The normalized spacial score (nSPS) is 11.2. The number of aromatic nitrogens is 1. The third kappa shape index (κ3) is 2.35. The van der Waals surface area contributed by atoms with E-state index in [4.69, 9.17) is 4.42 Å². The Morgan fingerprint density at radius 1 is 1.15 bits per heavy atom. The van der Waals surface area contributed by atoms with Crippen molar-refractivity contribution in [1.82, 2.24) is 4.57 Å². The summed E-state index contributed by atoms with van der Waals surface area (Å²) in [5, 5.41) is 0. The lowest BCUT2D eigenvalue weighted by molar-refractivity contribution is 0.510.